The molecule has 0 saturated carbocycles. The molecule has 0 atom stereocenters. The van der Waals surface area contributed by atoms with Crippen LogP contribution in [0.3, 0.4) is 0 Å². The number of benzene rings is 2. The van der Waals surface area contributed by atoms with Crippen molar-refractivity contribution in [2.24, 2.45) is 5.10 Å². The highest BCUT2D eigenvalue weighted by Crippen LogP contribution is 2.25. The van der Waals surface area contributed by atoms with Gasteiger partial charge in [0, 0.05) is 28.2 Å². The van der Waals surface area contributed by atoms with Gasteiger partial charge in [-0.3, -0.25) is 4.79 Å². The number of methoxy groups -OCH3 is 1. The van der Waals surface area contributed by atoms with E-state index in [1.807, 2.05) is 30.5 Å². The average molecular weight is 531 g/mol. The van der Waals surface area contributed by atoms with Crippen molar-refractivity contribution >= 4 is 40.7 Å². The molecular weight excluding hydrogens is 509 g/mol. The highest BCUT2D eigenvalue weighted by molar-refractivity contribution is 14.1. The number of ether oxygens (including phenoxy) is 1. The van der Waals surface area contributed by atoms with Gasteiger partial charge in [0.25, 0.3) is 5.91 Å². The topological polar surface area (TPSA) is 92.9 Å². The van der Waals surface area contributed by atoms with Gasteiger partial charge in [0.1, 0.15) is 5.75 Å². The lowest BCUT2D eigenvalue weighted by Gasteiger charge is -2.14. The van der Waals surface area contributed by atoms with Gasteiger partial charge < -0.3 is 14.4 Å². The van der Waals surface area contributed by atoms with Crippen molar-refractivity contribution in [3.05, 3.63) is 79.7 Å². The van der Waals surface area contributed by atoms with Crippen LogP contribution in [-0.2, 0) is 0 Å². The number of halogens is 1. The molecule has 2 N–H and O–H groups in total. The molecule has 1 heterocycles. The number of carbonyl (C=O) groups is 2. The van der Waals surface area contributed by atoms with Crippen LogP contribution in [0.5, 0.6) is 5.75 Å². The fraction of sp³-hybridized carbons (Fsp3) is 0.174. The molecule has 0 aliphatic carbocycles. The predicted octanol–water partition coefficient (Wildman–Crippen LogP) is 4.48. The van der Waals surface area contributed by atoms with Crippen molar-refractivity contribution in [1.29, 1.82) is 0 Å². The Bertz CT molecular complexity index is 1200. The molecule has 1 aromatic heterocycles. The van der Waals surface area contributed by atoms with E-state index in [4.69, 9.17) is 4.74 Å². The molecule has 2 aromatic carbocycles. The Morgan fingerprint density at radius 1 is 1.16 bits per heavy atom. The molecule has 3 aromatic rings. The minimum absolute atomic E-state index is 0.264. The van der Waals surface area contributed by atoms with Crippen molar-refractivity contribution in [2.45, 2.75) is 20.8 Å². The summed E-state index contributed by atoms with van der Waals surface area (Å²) in [7, 11) is 1.56. The Kier molecular flexibility index (Phi) is 6.79. The van der Waals surface area contributed by atoms with E-state index in [1.54, 1.807) is 50.6 Å². The molecule has 0 spiro atoms. The molecule has 160 valence electrons. The smallest absolute Gasteiger partial charge is 0.336 e. The van der Waals surface area contributed by atoms with Gasteiger partial charge >= 0.3 is 5.97 Å². The Labute approximate surface area is 193 Å². The molecule has 8 heteroatoms. The molecule has 0 aliphatic rings. The van der Waals surface area contributed by atoms with Gasteiger partial charge in [0.2, 0.25) is 0 Å². The van der Waals surface area contributed by atoms with Gasteiger partial charge in [-0.05, 0) is 85.3 Å². The number of hydrogen-bond acceptors (Lipinski definition) is 4. The second-order valence-electron chi connectivity index (χ2n) is 6.97. The quantitative estimate of drug-likeness (QED) is 0.279. The number of rotatable bonds is 6. The van der Waals surface area contributed by atoms with Gasteiger partial charge in [-0.25, -0.2) is 10.2 Å². The Morgan fingerprint density at radius 3 is 2.58 bits per heavy atom. The largest absolute Gasteiger partial charge is 0.496 e. The van der Waals surface area contributed by atoms with Crippen LogP contribution >= 0.6 is 22.6 Å². The van der Waals surface area contributed by atoms with E-state index in [0.29, 0.717) is 16.9 Å². The van der Waals surface area contributed by atoms with E-state index in [-0.39, 0.29) is 11.5 Å². The zero-order chi connectivity index (χ0) is 22.7. The van der Waals surface area contributed by atoms with Crippen LogP contribution in [0, 0.1) is 24.3 Å². The standard InChI is InChI=1S/C23H22IN3O4/c1-13-10-17(12-25-26-22(28)16-8-9-19(24)21(11-16)31-4)15(3)27(13)20-7-5-6-18(14(20)2)23(29)30/h5-12H,1-4H3,(H,26,28)(H,29,30). The first-order chi connectivity index (χ1) is 14.7. The summed E-state index contributed by atoms with van der Waals surface area (Å²) >= 11 is 2.14. The van der Waals surface area contributed by atoms with Crippen LogP contribution in [0.2, 0.25) is 0 Å². The summed E-state index contributed by atoms with van der Waals surface area (Å²) in [5, 5.41) is 13.5. The molecule has 0 aliphatic heterocycles. The summed E-state index contributed by atoms with van der Waals surface area (Å²) < 4.78 is 8.14. The third-order valence-corrected chi connectivity index (χ3v) is 5.92. The van der Waals surface area contributed by atoms with E-state index >= 15 is 0 Å². The molecule has 0 saturated heterocycles. The molecule has 0 radical (unpaired) electrons. The summed E-state index contributed by atoms with van der Waals surface area (Å²) in [5.74, 6) is -0.678. The first kappa shape index (κ1) is 22.5. The first-order valence-electron chi connectivity index (χ1n) is 9.43. The molecule has 7 nitrogen and oxygen atoms in total. The van der Waals surface area contributed by atoms with Crippen molar-refractivity contribution in [3.63, 3.8) is 0 Å². The minimum Gasteiger partial charge on any atom is -0.496 e. The van der Waals surface area contributed by atoms with E-state index in [2.05, 4.69) is 33.1 Å². The second kappa shape index (κ2) is 9.34. The maximum Gasteiger partial charge on any atom is 0.336 e. The van der Waals surface area contributed by atoms with Gasteiger partial charge in [-0.15, -0.1) is 0 Å². The van der Waals surface area contributed by atoms with Gasteiger partial charge in [-0.1, -0.05) is 6.07 Å². The van der Waals surface area contributed by atoms with Gasteiger partial charge in [0.15, 0.2) is 0 Å². The maximum absolute atomic E-state index is 12.4. The number of nitrogens with one attached hydrogen (secondary N) is 1. The number of nitrogens with zero attached hydrogens (tertiary/aromatic N) is 2. The molecule has 1 amide bonds. The number of carboxylic acids is 1. The molecular formula is C23H22IN3O4. The second-order valence-corrected chi connectivity index (χ2v) is 8.13. The number of carboxylic acid groups (broad SMARTS) is 1. The summed E-state index contributed by atoms with van der Waals surface area (Å²) in [6.07, 6.45) is 1.58. The van der Waals surface area contributed by atoms with Crippen molar-refractivity contribution in [2.75, 3.05) is 7.11 Å². The molecule has 0 bridgehead atoms. The van der Waals surface area contributed by atoms with Crippen LogP contribution in [-0.4, -0.2) is 34.9 Å². The third kappa shape index (κ3) is 4.63. The van der Waals surface area contributed by atoms with E-state index < -0.39 is 5.97 Å². The fourth-order valence-corrected chi connectivity index (χ4v) is 3.97. The number of amides is 1. The van der Waals surface area contributed by atoms with Crippen LogP contribution < -0.4 is 10.2 Å². The molecule has 0 fully saturated rings. The van der Waals surface area contributed by atoms with Gasteiger partial charge in [0.05, 0.1) is 22.5 Å². The van der Waals surface area contributed by atoms with Crippen molar-refractivity contribution in [3.8, 4) is 11.4 Å². The lowest BCUT2D eigenvalue weighted by Crippen LogP contribution is -2.17. The maximum atomic E-state index is 12.4. The monoisotopic (exact) mass is 531 g/mol. The van der Waals surface area contributed by atoms with Crippen molar-refractivity contribution < 1.29 is 19.4 Å². The Hall–Kier alpha value is -3.14. The summed E-state index contributed by atoms with van der Waals surface area (Å²) in [5.41, 5.74) is 7.35. The number of aromatic nitrogens is 1. The summed E-state index contributed by atoms with van der Waals surface area (Å²) in [6, 6.07) is 12.3. The van der Waals surface area contributed by atoms with Crippen LogP contribution in [0.1, 0.15) is 43.2 Å². The number of hydrazone groups is 1. The fourth-order valence-electron chi connectivity index (χ4n) is 3.41. The number of aryl methyl sites for hydroxylation is 1. The SMILES string of the molecule is COc1cc(C(=O)NN=Cc2cc(C)n(-c3cccc(C(=O)O)c3C)c2C)ccc1I. The summed E-state index contributed by atoms with van der Waals surface area (Å²) in [4.78, 5) is 23.9. The van der Waals surface area contributed by atoms with E-state index in [0.717, 1.165) is 26.2 Å². The summed E-state index contributed by atoms with van der Waals surface area (Å²) in [6.45, 7) is 5.65. The minimum atomic E-state index is -0.960. The van der Waals surface area contributed by atoms with Crippen LogP contribution in [0.15, 0.2) is 47.6 Å². The number of hydrogen-bond donors (Lipinski definition) is 2. The lowest BCUT2D eigenvalue weighted by molar-refractivity contribution is 0.0695. The van der Waals surface area contributed by atoms with Crippen molar-refractivity contribution in [1.82, 2.24) is 9.99 Å². The Balaban J connectivity index is 1.85. The predicted molar refractivity (Wildman–Crippen MR) is 128 cm³/mol. The van der Waals surface area contributed by atoms with Crippen LogP contribution in [0.4, 0.5) is 0 Å². The van der Waals surface area contributed by atoms with E-state index in [1.165, 1.54) is 0 Å². The first-order valence-corrected chi connectivity index (χ1v) is 10.5. The molecule has 0 unspecified atom stereocenters. The lowest BCUT2D eigenvalue weighted by atomic mass is 10.1. The van der Waals surface area contributed by atoms with E-state index in [9.17, 15) is 14.7 Å². The zero-order valence-corrected chi connectivity index (χ0v) is 19.7. The highest BCUT2D eigenvalue weighted by atomic mass is 127. The normalized spacial score (nSPS) is 11.0. The number of aromatic carboxylic acids is 1. The highest BCUT2D eigenvalue weighted by Gasteiger charge is 2.16. The Morgan fingerprint density at radius 2 is 1.90 bits per heavy atom. The third-order valence-electron chi connectivity index (χ3n) is 5.03. The van der Waals surface area contributed by atoms with Crippen LogP contribution in [0.25, 0.3) is 5.69 Å². The average Bonchev–Trinajstić information content (AvgIpc) is 3.01. The molecule has 31 heavy (non-hydrogen) atoms. The number of carbonyl (C=O) groups excluding carboxylic acids is 1. The zero-order valence-electron chi connectivity index (χ0n) is 17.6. The molecule has 3 rings (SSSR count). The van der Waals surface area contributed by atoms with Gasteiger partial charge in [-0.2, -0.15) is 5.10 Å².